The normalized spacial score (nSPS) is 19.8. The van der Waals surface area contributed by atoms with Gasteiger partial charge in [0.15, 0.2) is 5.82 Å². The van der Waals surface area contributed by atoms with Crippen LogP contribution in [-0.2, 0) is 0 Å². The number of anilines is 1. The minimum Gasteiger partial charge on any atom is -0.460 e. The Bertz CT molecular complexity index is 1490. The first-order valence-electron chi connectivity index (χ1n) is 14.1. The standard InChI is InChI=1S/C31H35ClFN5O/c1-4-22(14-11-18(2)3)39-31-36-29-24(30(37-31)38-16-20-12-13-21(17-38)35-20)15-34-28(27(29)33)23-9-5-7-19-8-6-10-25(32)26(19)23/h5-10,15,18,20-22,35H,4,11-14,16-17H2,1-3H3. The predicted molar refractivity (Wildman–Crippen MR) is 156 cm³/mol. The summed E-state index contributed by atoms with van der Waals surface area (Å²) in [6.07, 6.45) is 6.74. The largest absolute Gasteiger partial charge is 0.460 e. The summed E-state index contributed by atoms with van der Waals surface area (Å²) in [5, 5.41) is 6.54. The number of pyridine rings is 1. The topological polar surface area (TPSA) is 63.2 Å². The molecular formula is C31H35ClFN5O. The minimum absolute atomic E-state index is 0.0295. The molecule has 0 aliphatic carbocycles. The van der Waals surface area contributed by atoms with E-state index in [0.29, 0.717) is 39.8 Å². The number of piperazine rings is 1. The molecule has 3 unspecified atom stereocenters. The molecule has 39 heavy (non-hydrogen) atoms. The van der Waals surface area contributed by atoms with Gasteiger partial charge >= 0.3 is 6.01 Å². The van der Waals surface area contributed by atoms with E-state index in [1.54, 1.807) is 6.20 Å². The van der Waals surface area contributed by atoms with Crippen molar-refractivity contribution in [3.05, 3.63) is 53.4 Å². The lowest BCUT2D eigenvalue weighted by molar-refractivity contribution is 0.164. The van der Waals surface area contributed by atoms with Crippen LogP contribution in [0.15, 0.2) is 42.6 Å². The Labute approximate surface area is 234 Å². The maximum atomic E-state index is 16.5. The molecule has 4 heterocycles. The summed E-state index contributed by atoms with van der Waals surface area (Å²) >= 11 is 6.58. The molecule has 2 saturated heterocycles. The van der Waals surface area contributed by atoms with Gasteiger partial charge in [0.25, 0.3) is 0 Å². The van der Waals surface area contributed by atoms with Crippen molar-refractivity contribution < 1.29 is 9.13 Å². The third-order valence-corrected chi connectivity index (χ3v) is 8.38. The second-order valence-electron chi connectivity index (χ2n) is 11.3. The third-order valence-electron chi connectivity index (χ3n) is 8.06. The first-order valence-corrected chi connectivity index (χ1v) is 14.5. The number of hydrogen-bond donors (Lipinski definition) is 1. The van der Waals surface area contributed by atoms with Crippen molar-refractivity contribution in [1.29, 1.82) is 0 Å². The quantitative estimate of drug-likeness (QED) is 0.252. The minimum atomic E-state index is -0.484. The molecule has 2 aliphatic rings. The van der Waals surface area contributed by atoms with Crippen molar-refractivity contribution in [2.24, 2.45) is 5.92 Å². The number of benzene rings is 2. The van der Waals surface area contributed by atoms with Gasteiger partial charge in [0, 0.05) is 47.3 Å². The van der Waals surface area contributed by atoms with E-state index in [4.69, 9.17) is 21.3 Å². The van der Waals surface area contributed by atoms with Crippen molar-refractivity contribution in [1.82, 2.24) is 20.3 Å². The van der Waals surface area contributed by atoms with E-state index in [1.807, 2.05) is 36.4 Å². The Morgan fingerprint density at radius 3 is 2.54 bits per heavy atom. The highest BCUT2D eigenvalue weighted by Crippen LogP contribution is 2.38. The lowest BCUT2D eigenvalue weighted by Crippen LogP contribution is -2.51. The molecule has 2 aromatic heterocycles. The van der Waals surface area contributed by atoms with E-state index in [2.05, 4.69) is 41.0 Å². The lowest BCUT2D eigenvalue weighted by atomic mass is 10.0. The van der Waals surface area contributed by atoms with Gasteiger partial charge in [-0.25, -0.2) is 4.39 Å². The highest BCUT2D eigenvalue weighted by molar-refractivity contribution is 6.36. The van der Waals surface area contributed by atoms with Crippen LogP contribution in [0.2, 0.25) is 5.02 Å². The molecule has 2 aromatic carbocycles. The van der Waals surface area contributed by atoms with Crippen molar-refractivity contribution >= 4 is 39.1 Å². The summed E-state index contributed by atoms with van der Waals surface area (Å²) in [5.41, 5.74) is 1.10. The highest BCUT2D eigenvalue weighted by Gasteiger charge is 2.34. The van der Waals surface area contributed by atoms with Gasteiger partial charge in [0.1, 0.15) is 23.1 Å². The molecule has 0 radical (unpaired) electrons. The summed E-state index contributed by atoms with van der Waals surface area (Å²) < 4.78 is 22.8. The van der Waals surface area contributed by atoms with E-state index >= 15 is 4.39 Å². The Balaban J connectivity index is 1.49. The van der Waals surface area contributed by atoms with Crippen LogP contribution in [0.5, 0.6) is 6.01 Å². The first kappa shape index (κ1) is 26.2. The molecule has 0 spiro atoms. The Morgan fingerprint density at radius 2 is 1.82 bits per heavy atom. The molecule has 6 rings (SSSR count). The van der Waals surface area contributed by atoms with Gasteiger partial charge in [-0.1, -0.05) is 62.7 Å². The molecule has 204 valence electrons. The number of nitrogens with zero attached hydrogens (tertiary/aromatic N) is 4. The number of nitrogens with one attached hydrogen (secondary N) is 1. The molecule has 4 aromatic rings. The predicted octanol–water partition coefficient (Wildman–Crippen LogP) is 7.17. The maximum Gasteiger partial charge on any atom is 0.319 e. The van der Waals surface area contributed by atoms with E-state index in [9.17, 15) is 0 Å². The molecule has 6 nitrogen and oxygen atoms in total. The van der Waals surface area contributed by atoms with E-state index < -0.39 is 5.82 Å². The van der Waals surface area contributed by atoms with Crippen molar-refractivity contribution in [2.45, 2.75) is 71.1 Å². The second kappa shape index (κ2) is 10.9. The van der Waals surface area contributed by atoms with Gasteiger partial charge < -0.3 is 15.0 Å². The van der Waals surface area contributed by atoms with Gasteiger partial charge in [-0.3, -0.25) is 4.98 Å². The van der Waals surface area contributed by atoms with Crippen molar-refractivity contribution in [3.8, 4) is 17.3 Å². The molecular weight excluding hydrogens is 513 g/mol. The molecule has 0 saturated carbocycles. The monoisotopic (exact) mass is 547 g/mol. The zero-order valence-electron chi connectivity index (χ0n) is 22.8. The molecule has 2 bridgehead atoms. The Hall–Kier alpha value is -3.03. The number of halogens is 2. The van der Waals surface area contributed by atoms with Crippen LogP contribution in [0, 0.1) is 11.7 Å². The third kappa shape index (κ3) is 5.14. The molecule has 2 fully saturated rings. The number of ether oxygens (including phenoxy) is 1. The van der Waals surface area contributed by atoms with Crippen molar-refractivity contribution in [2.75, 3.05) is 18.0 Å². The number of rotatable bonds is 8. The van der Waals surface area contributed by atoms with Crippen LogP contribution < -0.4 is 15.0 Å². The summed E-state index contributed by atoms with van der Waals surface area (Å²) in [7, 11) is 0. The Kier molecular flexibility index (Phi) is 7.29. The molecule has 2 aliphatic heterocycles. The van der Waals surface area contributed by atoms with Crippen LogP contribution in [0.4, 0.5) is 10.2 Å². The van der Waals surface area contributed by atoms with Crippen LogP contribution >= 0.6 is 11.6 Å². The number of hydrogen-bond acceptors (Lipinski definition) is 6. The van der Waals surface area contributed by atoms with E-state index in [0.717, 1.165) is 56.0 Å². The second-order valence-corrected chi connectivity index (χ2v) is 11.7. The van der Waals surface area contributed by atoms with Gasteiger partial charge in [-0.15, -0.1) is 0 Å². The average molecular weight is 548 g/mol. The smallest absolute Gasteiger partial charge is 0.319 e. The highest BCUT2D eigenvalue weighted by atomic mass is 35.5. The molecule has 1 N–H and O–H groups in total. The number of aromatic nitrogens is 3. The van der Waals surface area contributed by atoms with E-state index in [-0.39, 0.29) is 23.3 Å². The molecule has 8 heteroatoms. The van der Waals surface area contributed by atoms with Gasteiger partial charge in [-0.05, 0) is 49.5 Å². The fourth-order valence-corrected chi connectivity index (χ4v) is 6.26. The Morgan fingerprint density at radius 1 is 1.08 bits per heavy atom. The molecule has 0 amide bonds. The van der Waals surface area contributed by atoms with Gasteiger partial charge in [0.05, 0.1) is 5.39 Å². The zero-order valence-corrected chi connectivity index (χ0v) is 23.5. The summed E-state index contributed by atoms with van der Waals surface area (Å²) in [5.74, 6) is 0.786. The first-order chi connectivity index (χ1) is 18.9. The fourth-order valence-electron chi connectivity index (χ4n) is 5.98. The fraction of sp³-hybridized carbons (Fsp3) is 0.452. The van der Waals surface area contributed by atoms with E-state index in [1.165, 1.54) is 0 Å². The summed E-state index contributed by atoms with van der Waals surface area (Å²) in [4.78, 5) is 16.4. The maximum absolute atomic E-state index is 16.5. The van der Waals surface area contributed by atoms with Crippen LogP contribution in [-0.4, -0.2) is 46.2 Å². The SMILES string of the molecule is CCC(CCC(C)C)Oc1nc(N2CC3CCC(C2)N3)c2cnc(-c3cccc4cccc(Cl)c34)c(F)c2n1. The summed E-state index contributed by atoms with van der Waals surface area (Å²) in [6.45, 7) is 8.15. The lowest BCUT2D eigenvalue weighted by Gasteiger charge is -2.34. The zero-order chi connectivity index (χ0) is 27.1. The van der Waals surface area contributed by atoms with Gasteiger partial charge in [0.2, 0.25) is 0 Å². The summed E-state index contributed by atoms with van der Waals surface area (Å²) in [6, 6.07) is 12.4. The number of fused-ring (bicyclic) bond motifs is 4. The van der Waals surface area contributed by atoms with Crippen LogP contribution in [0.3, 0.4) is 0 Å². The molecule has 3 atom stereocenters. The van der Waals surface area contributed by atoms with Crippen LogP contribution in [0.25, 0.3) is 32.9 Å². The van der Waals surface area contributed by atoms with Gasteiger partial charge in [-0.2, -0.15) is 9.97 Å². The average Bonchev–Trinajstić information content (AvgIpc) is 3.28. The van der Waals surface area contributed by atoms with Crippen molar-refractivity contribution in [3.63, 3.8) is 0 Å². The van der Waals surface area contributed by atoms with Crippen LogP contribution in [0.1, 0.15) is 52.9 Å².